The van der Waals surface area contributed by atoms with Gasteiger partial charge in [-0.15, -0.1) is 0 Å². The maximum atomic E-state index is 13.6. The Bertz CT molecular complexity index is 830. The molecule has 2 aromatic carbocycles. The molecule has 0 spiro atoms. The molecular weight excluding hydrogens is 373 g/mol. The fourth-order valence-corrected chi connectivity index (χ4v) is 5.13. The highest BCUT2D eigenvalue weighted by Crippen LogP contribution is 2.20. The molecule has 0 heterocycles. The van der Waals surface area contributed by atoms with Crippen LogP contribution >= 0.6 is 0 Å². The first kappa shape index (κ1) is 21.5. The van der Waals surface area contributed by atoms with E-state index in [2.05, 4.69) is 39.3 Å². The van der Waals surface area contributed by atoms with Gasteiger partial charge in [-0.1, -0.05) is 98.2 Å². The van der Waals surface area contributed by atoms with Crippen LogP contribution in [0.15, 0.2) is 54.6 Å². The number of ketones is 1. The van der Waals surface area contributed by atoms with Gasteiger partial charge < -0.3 is 0 Å². The molecule has 1 nitrogen and oxygen atoms in total. The molecular formula is C21H27BF2OSi2. The minimum atomic E-state index is -2.70. The fraction of sp³-hybridized carbons (Fsp3) is 0.286. The van der Waals surface area contributed by atoms with Gasteiger partial charge >= 0.3 is 7.27 Å². The molecule has 6 heteroatoms. The Balaban J connectivity index is 2.33. The Morgan fingerprint density at radius 1 is 0.741 bits per heavy atom. The number of halogens is 2. The number of hydrogen-bond donors (Lipinski definition) is 0. The van der Waals surface area contributed by atoms with Crippen LogP contribution in [0.2, 0.25) is 39.3 Å². The molecule has 0 radical (unpaired) electrons. The SMILES string of the molecule is C[Si](C)(C)c1ccc(C(=O)/C=C(\B(F)F)c2ccc([Si](C)(C)C)cc2)cc1. The van der Waals surface area contributed by atoms with Crippen molar-refractivity contribution in [2.45, 2.75) is 39.3 Å². The molecule has 27 heavy (non-hydrogen) atoms. The lowest BCUT2D eigenvalue weighted by molar-refractivity contribution is 0.104. The van der Waals surface area contributed by atoms with E-state index in [1.807, 2.05) is 24.3 Å². The third-order valence-corrected chi connectivity index (χ3v) is 8.77. The summed E-state index contributed by atoms with van der Waals surface area (Å²) in [7, 11) is -5.65. The van der Waals surface area contributed by atoms with Crippen molar-refractivity contribution in [1.29, 1.82) is 0 Å². The number of allylic oxidation sites excluding steroid dienone is 1. The van der Waals surface area contributed by atoms with Gasteiger partial charge in [-0.2, -0.15) is 0 Å². The molecule has 0 aliphatic heterocycles. The first-order valence-corrected chi connectivity index (χ1v) is 16.1. The first-order chi connectivity index (χ1) is 12.4. The highest BCUT2D eigenvalue weighted by Gasteiger charge is 2.24. The van der Waals surface area contributed by atoms with Crippen molar-refractivity contribution < 1.29 is 13.4 Å². The highest BCUT2D eigenvalue weighted by atomic mass is 28.3. The van der Waals surface area contributed by atoms with Crippen molar-refractivity contribution in [2.75, 3.05) is 0 Å². The molecule has 0 amide bonds. The Morgan fingerprint density at radius 3 is 1.44 bits per heavy atom. The molecule has 0 aromatic heterocycles. The molecule has 0 saturated carbocycles. The van der Waals surface area contributed by atoms with E-state index < -0.39 is 23.4 Å². The lowest BCUT2D eigenvalue weighted by Gasteiger charge is -2.17. The molecule has 0 atom stereocenters. The molecule has 0 unspecified atom stereocenters. The van der Waals surface area contributed by atoms with Gasteiger partial charge in [0, 0.05) is 11.0 Å². The minimum Gasteiger partial charge on any atom is -0.289 e. The number of carbonyl (C=O) groups excluding carboxylic acids is 1. The van der Waals surface area contributed by atoms with Gasteiger partial charge in [0.1, 0.15) is 0 Å². The molecule has 0 fully saturated rings. The largest absolute Gasteiger partial charge is 0.572 e. The smallest absolute Gasteiger partial charge is 0.289 e. The lowest BCUT2D eigenvalue weighted by atomic mass is 9.79. The average molecular weight is 400 g/mol. The monoisotopic (exact) mass is 400 g/mol. The van der Waals surface area contributed by atoms with Crippen LogP contribution in [0.25, 0.3) is 5.47 Å². The molecule has 0 N–H and O–H groups in total. The van der Waals surface area contributed by atoms with Crippen LogP contribution in [0.4, 0.5) is 8.63 Å². The zero-order valence-corrected chi connectivity index (χ0v) is 18.9. The number of carbonyl (C=O) groups is 1. The minimum absolute atomic E-state index is 0.226. The van der Waals surface area contributed by atoms with Gasteiger partial charge in [0.15, 0.2) is 5.78 Å². The molecule has 142 valence electrons. The van der Waals surface area contributed by atoms with E-state index >= 15 is 0 Å². The summed E-state index contributed by atoms with van der Waals surface area (Å²) in [5.74, 6) is -0.387. The van der Waals surface area contributed by atoms with Crippen LogP contribution in [-0.4, -0.2) is 29.2 Å². The molecule has 0 bridgehead atoms. The van der Waals surface area contributed by atoms with Crippen molar-refractivity contribution in [1.82, 2.24) is 0 Å². The Kier molecular flexibility index (Phi) is 6.42. The molecule has 0 aliphatic rings. The van der Waals surface area contributed by atoms with Crippen molar-refractivity contribution in [3.8, 4) is 0 Å². The number of benzene rings is 2. The van der Waals surface area contributed by atoms with Gasteiger partial charge in [-0.05, 0) is 11.6 Å². The van der Waals surface area contributed by atoms with E-state index in [-0.39, 0.29) is 11.3 Å². The molecule has 2 aromatic rings. The average Bonchev–Trinajstić information content (AvgIpc) is 2.58. The van der Waals surface area contributed by atoms with Crippen LogP contribution in [-0.2, 0) is 0 Å². The van der Waals surface area contributed by atoms with E-state index in [1.165, 1.54) is 10.4 Å². The third kappa shape index (κ3) is 5.59. The van der Waals surface area contributed by atoms with Gasteiger partial charge in [-0.3, -0.25) is 13.4 Å². The second-order valence-electron chi connectivity index (χ2n) is 8.92. The summed E-state index contributed by atoms with van der Waals surface area (Å²) in [6.45, 7) is 13.3. The van der Waals surface area contributed by atoms with Crippen LogP contribution in [0.5, 0.6) is 0 Å². The summed E-state index contributed by atoms with van der Waals surface area (Å²) < 4.78 is 27.2. The van der Waals surface area contributed by atoms with Crippen LogP contribution < -0.4 is 10.4 Å². The van der Waals surface area contributed by atoms with Crippen molar-refractivity contribution in [3.63, 3.8) is 0 Å². The van der Waals surface area contributed by atoms with Gasteiger partial charge in [0.2, 0.25) is 0 Å². The standard InChI is InChI=1S/C21H27BF2OSi2/c1-26(2,3)18-11-7-16(8-12-18)20(22(23)24)15-21(25)17-9-13-19(14-10-17)27(4,5)6/h7-15H,1-6H3/b20-15-. The maximum Gasteiger partial charge on any atom is 0.572 e. The predicted octanol–water partition coefficient (Wildman–Crippen LogP) is 5.01. The van der Waals surface area contributed by atoms with Crippen molar-refractivity contribution in [3.05, 3.63) is 65.7 Å². The van der Waals surface area contributed by atoms with Gasteiger partial charge in [-0.25, -0.2) is 0 Å². The zero-order valence-electron chi connectivity index (χ0n) is 16.9. The van der Waals surface area contributed by atoms with E-state index in [9.17, 15) is 13.4 Å². The predicted molar refractivity (Wildman–Crippen MR) is 119 cm³/mol. The lowest BCUT2D eigenvalue weighted by Crippen LogP contribution is -2.37. The normalized spacial score (nSPS) is 12.8. The Morgan fingerprint density at radius 2 is 1.11 bits per heavy atom. The van der Waals surface area contributed by atoms with Crippen LogP contribution in [0, 0.1) is 0 Å². The van der Waals surface area contributed by atoms with Gasteiger partial charge in [0.25, 0.3) is 0 Å². The summed E-state index contributed by atoms with van der Waals surface area (Å²) in [6, 6.07) is 14.6. The highest BCUT2D eigenvalue weighted by molar-refractivity contribution is 6.89. The molecule has 0 saturated heterocycles. The van der Waals surface area contributed by atoms with Gasteiger partial charge in [0.05, 0.1) is 16.1 Å². The summed E-state index contributed by atoms with van der Waals surface area (Å²) in [5.41, 5.74) is 0.615. The Hall–Kier alpha value is -1.79. The van der Waals surface area contributed by atoms with Crippen molar-refractivity contribution in [2.24, 2.45) is 0 Å². The maximum absolute atomic E-state index is 13.6. The molecule has 2 rings (SSSR count). The first-order valence-electron chi connectivity index (χ1n) is 9.15. The van der Waals surface area contributed by atoms with Crippen LogP contribution in [0.1, 0.15) is 15.9 Å². The second kappa shape index (κ2) is 8.07. The third-order valence-electron chi connectivity index (χ3n) is 4.64. The summed E-state index contributed by atoms with van der Waals surface area (Å²) in [6.07, 6.45) is 1.08. The number of hydrogen-bond acceptors (Lipinski definition) is 1. The quantitative estimate of drug-likeness (QED) is 0.379. The second-order valence-corrected chi connectivity index (χ2v) is 19.1. The van der Waals surface area contributed by atoms with Crippen molar-refractivity contribution >= 4 is 45.0 Å². The fourth-order valence-electron chi connectivity index (χ4n) is 2.79. The molecule has 0 aliphatic carbocycles. The summed E-state index contributed by atoms with van der Waals surface area (Å²) >= 11 is 0. The van der Waals surface area contributed by atoms with Crippen LogP contribution in [0.3, 0.4) is 0 Å². The van der Waals surface area contributed by atoms with E-state index in [0.29, 0.717) is 11.1 Å². The summed E-state index contributed by atoms with van der Waals surface area (Å²) in [4.78, 5) is 12.5. The zero-order chi connectivity index (χ0) is 20.4. The van der Waals surface area contributed by atoms with E-state index in [0.717, 1.165) is 6.08 Å². The summed E-state index contributed by atoms with van der Waals surface area (Å²) in [5, 5.41) is 2.44. The number of rotatable bonds is 6. The van der Waals surface area contributed by atoms with E-state index in [4.69, 9.17) is 0 Å². The Labute approximate surface area is 163 Å². The van der Waals surface area contributed by atoms with E-state index in [1.54, 1.807) is 24.3 Å². The topological polar surface area (TPSA) is 17.1 Å².